The number of rotatable bonds is 2. The molecule has 1 aromatic rings. The molecule has 0 aliphatic carbocycles. The number of aryl methyl sites for hydroxylation is 1. The number of hydrogen-bond donors (Lipinski definition) is 2. The van der Waals surface area contributed by atoms with Gasteiger partial charge in [-0.3, -0.25) is 0 Å². The number of anilines is 1. The SMILES string of the molecule is COc1ccc(N2NCC3CNCCN3C2=O)cc1C.Cl. The summed E-state index contributed by atoms with van der Waals surface area (Å²) >= 11 is 0. The predicted octanol–water partition coefficient (Wildman–Crippen LogP) is 1.14. The molecule has 2 fully saturated rings. The summed E-state index contributed by atoms with van der Waals surface area (Å²) in [4.78, 5) is 14.5. The van der Waals surface area contributed by atoms with Crippen LogP contribution in [0.1, 0.15) is 5.56 Å². The molecule has 1 atom stereocenters. The maximum atomic E-state index is 12.6. The van der Waals surface area contributed by atoms with Gasteiger partial charge in [-0.15, -0.1) is 12.4 Å². The summed E-state index contributed by atoms with van der Waals surface area (Å²) in [6.45, 7) is 5.22. The number of benzene rings is 1. The minimum atomic E-state index is 0. The Morgan fingerprint density at radius 2 is 2.14 bits per heavy atom. The van der Waals surface area contributed by atoms with Gasteiger partial charge in [0.25, 0.3) is 0 Å². The summed E-state index contributed by atoms with van der Waals surface area (Å²) in [6, 6.07) is 6.02. The molecule has 2 aliphatic heterocycles. The van der Waals surface area contributed by atoms with Crippen LogP contribution in [-0.2, 0) is 0 Å². The highest BCUT2D eigenvalue weighted by Gasteiger charge is 2.35. The largest absolute Gasteiger partial charge is 0.496 e. The minimum Gasteiger partial charge on any atom is -0.496 e. The zero-order valence-corrected chi connectivity index (χ0v) is 13.1. The lowest BCUT2D eigenvalue weighted by Crippen LogP contribution is -2.68. The molecule has 1 unspecified atom stereocenters. The number of fused-ring (bicyclic) bond motifs is 1. The number of piperazine rings is 1. The summed E-state index contributed by atoms with van der Waals surface area (Å²) in [5.41, 5.74) is 5.08. The Morgan fingerprint density at radius 3 is 2.86 bits per heavy atom. The smallest absolute Gasteiger partial charge is 0.339 e. The lowest BCUT2D eigenvalue weighted by atomic mass is 10.1. The lowest BCUT2D eigenvalue weighted by molar-refractivity contribution is 0.143. The van der Waals surface area contributed by atoms with Crippen molar-refractivity contribution in [1.82, 2.24) is 15.6 Å². The van der Waals surface area contributed by atoms with Crippen LogP contribution in [0.4, 0.5) is 10.5 Å². The van der Waals surface area contributed by atoms with Gasteiger partial charge < -0.3 is 15.0 Å². The first kappa shape index (κ1) is 15.9. The molecule has 116 valence electrons. The van der Waals surface area contributed by atoms with Gasteiger partial charge in [0.15, 0.2) is 0 Å². The molecule has 2 heterocycles. The van der Waals surface area contributed by atoms with E-state index >= 15 is 0 Å². The van der Waals surface area contributed by atoms with E-state index in [0.29, 0.717) is 0 Å². The van der Waals surface area contributed by atoms with E-state index in [9.17, 15) is 4.79 Å². The van der Waals surface area contributed by atoms with Gasteiger partial charge >= 0.3 is 6.03 Å². The van der Waals surface area contributed by atoms with Gasteiger partial charge in [0, 0.05) is 26.2 Å². The minimum absolute atomic E-state index is 0. The zero-order valence-electron chi connectivity index (χ0n) is 12.3. The highest BCUT2D eigenvalue weighted by molar-refractivity contribution is 5.92. The van der Waals surface area contributed by atoms with Gasteiger partial charge in [-0.1, -0.05) is 0 Å². The fraction of sp³-hybridized carbons (Fsp3) is 0.500. The van der Waals surface area contributed by atoms with Gasteiger partial charge in [0.05, 0.1) is 18.8 Å². The van der Waals surface area contributed by atoms with Gasteiger partial charge in [0.2, 0.25) is 0 Å². The molecule has 0 aromatic heterocycles. The monoisotopic (exact) mass is 312 g/mol. The molecular formula is C14H21ClN4O2. The second-order valence-electron chi connectivity index (χ2n) is 5.19. The van der Waals surface area contributed by atoms with Crippen LogP contribution in [0.5, 0.6) is 5.75 Å². The Hall–Kier alpha value is -1.50. The third kappa shape index (κ3) is 2.92. The normalized spacial score (nSPS) is 21.6. The first-order valence-corrected chi connectivity index (χ1v) is 6.90. The van der Waals surface area contributed by atoms with E-state index in [2.05, 4.69) is 10.7 Å². The molecule has 1 aromatic carbocycles. The van der Waals surface area contributed by atoms with Crippen molar-refractivity contribution >= 4 is 24.1 Å². The number of hydrogen-bond acceptors (Lipinski definition) is 4. The molecule has 2 amide bonds. The van der Waals surface area contributed by atoms with E-state index in [-0.39, 0.29) is 24.5 Å². The molecule has 7 heteroatoms. The molecule has 6 nitrogen and oxygen atoms in total. The number of ether oxygens (including phenoxy) is 1. The van der Waals surface area contributed by atoms with E-state index in [0.717, 1.165) is 43.2 Å². The third-order valence-electron chi connectivity index (χ3n) is 3.91. The molecule has 21 heavy (non-hydrogen) atoms. The molecule has 2 saturated heterocycles. The number of amides is 2. The average Bonchev–Trinajstić information content (AvgIpc) is 2.48. The molecule has 2 aliphatic rings. The Kier molecular flexibility index (Phi) is 4.92. The number of nitrogens with zero attached hydrogens (tertiary/aromatic N) is 2. The van der Waals surface area contributed by atoms with Crippen LogP contribution in [0.15, 0.2) is 18.2 Å². The van der Waals surface area contributed by atoms with Crippen LogP contribution in [0.3, 0.4) is 0 Å². The van der Waals surface area contributed by atoms with E-state index in [1.165, 1.54) is 0 Å². The summed E-state index contributed by atoms with van der Waals surface area (Å²) in [7, 11) is 1.65. The zero-order chi connectivity index (χ0) is 14.1. The first-order chi connectivity index (χ1) is 9.70. The van der Waals surface area contributed by atoms with Crippen LogP contribution in [-0.4, -0.2) is 50.3 Å². The number of hydrazine groups is 1. The van der Waals surface area contributed by atoms with Crippen molar-refractivity contribution in [3.63, 3.8) is 0 Å². The molecule has 2 N–H and O–H groups in total. The molecule has 0 saturated carbocycles. The maximum absolute atomic E-state index is 12.6. The molecular weight excluding hydrogens is 292 g/mol. The van der Waals surface area contributed by atoms with Crippen molar-refractivity contribution in [2.24, 2.45) is 0 Å². The quantitative estimate of drug-likeness (QED) is 0.860. The van der Waals surface area contributed by atoms with Crippen molar-refractivity contribution in [3.8, 4) is 5.75 Å². The third-order valence-corrected chi connectivity index (χ3v) is 3.91. The van der Waals surface area contributed by atoms with E-state index in [1.54, 1.807) is 12.1 Å². The topological polar surface area (TPSA) is 56.8 Å². The lowest BCUT2D eigenvalue weighted by Gasteiger charge is -2.44. The van der Waals surface area contributed by atoms with E-state index in [1.807, 2.05) is 30.0 Å². The van der Waals surface area contributed by atoms with Crippen molar-refractivity contribution < 1.29 is 9.53 Å². The van der Waals surface area contributed by atoms with Crippen LogP contribution in [0.2, 0.25) is 0 Å². The van der Waals surface area contributed by atoms with Crippen LogP contribution < -0.4 is 20.5 Å². The standard InChI is InChI=1S/C14H20N4O2.ClH/c1-10-7-11(3-4-13(10)20-2)18-14(19)17-6-5-15-8-12(17)9-16-18;/h3-4,7,12,15-16H,5-6,8-9H2,1-2H3;1H. The molecule has 0 spiro atoms. The van der Waals surface area contributed by atoms with Crippen molar-refractivity contribution in [1.29, 1.82) is 0 Å². The van der Waals surface area contributed by atoms with Gasteiger partial charge in [0.1, 0.15) is 5.75 Å². The Balaban J connectivity index is 0.00000161. The van der Waals surface area contributed by atoms with Gasteiger partial charge in [-0.25, -0.2) is 15.2 Å². The van der Waals surface area contributed by atoms with Gasteiger partial charge in [-0.2, -0.15) is 0 Å². The fourth-order valence-electron chi connectivity index (χ4n) is 2.79. The number of carbonyl (C=O) groups excluding carboxylic acids is 1. The number of methoxy groups -OCH3 is 1. The fourth-order valence-corrected chi connectivity index (χ4v) is 2.79. The summed E-state index contributed by atoms with van der Waals surface area (Å²) < 4.78 is 5.26. The number of nitrogens with one attached hydrogen (secondary N) is 2. The molecule has 0 bridgehead atoms. The summed E-state index contributed by atoms with van der Waals surface area (Å²) in [5.74, 6) is 0.832. The second kappa shape index (κ2) is 6.51. The van der Waals surface area contributed by atoms with E-state index in [4.69, 9.17) is 4.74 Å². The van der Waals surface area contributed by atoms with Crippen LogP contribution >= 0.6 is 12.4 Å². The van der Waals surface area contributed by atoms with Crippen molar-refractivity contribution in [2.45, 2.75) is 13.0 Å². The number of halogens is 1. The van der Waals surface area contributed by atoms with Crippen LogP contribution in [0.25, 0.3) is 0 Å². The first-order valence-electron chi connectivity index (χ1n) is 6.90. The van der Waals surface area contributed by atoms with Gasteiger partial charge in [-0.05, 0) is 30.7 Å². The van der Waals surface area contributed by atoms with Crippen LogP contribution in [0, 0.1) is 6.92 Å². The van der Waals surface area contributed by atoms with E-state index < -0.39 is 0 Å². The Morgan fingerprint density at radius 1 is 1.33 bits per heavy atom. The summed E-state index contributed by atoms with van der Waals surface area (Å²) in [5, 5.41) is 4.95. The predicted molar refractivity (Wildman–Crippen MR) is 84.2 cm³/mol. The highest BCUT2D eigenvalue weighted by atomic mass is 35.5. The molecule has 0 radical (unpaired) electrons. The Bertz CT molecular complexity index is 526. The average molecular weight is 313 g/mol. The number of urea groups is 1. The maximum Gasteiger partial charge on any atom is 0.339 e. The highest BCUT2D eigenvalue weighted by Crippen LogP contribution is 2.25. The number of carbonyl (C=O) groups is 1. The van der Waals surface area contributed by atoms with Crippen molar-refractivity contribution in [3.05, 3.63) is 23.8 Å². The second-order valence-corrected chi connectivity index (χ2v) is 5.19. The summed E-state index contributed by atoms with van der Waals surface area (Å²) in [6.07, 6.45) is 0. The Labute approximate surface area is 130 Å². The van der Waals surface area contributed by atoms with Crippen molar-refractivity contribution in [2.75, 3.05) is 38.3 Å². The molecule has 3 rings (SSSR count).